The van der Waals surface area contributed by atoms with Crippen molar-refractivity contribution < 1.29 is 4.39 Å². The fourth-order valence-corrected chi connectivity index (χ4v) is 2.36. The molecule has 2 aromatic carbocycles. The zero-order valence-corrected chi connectivity index (χ0v) is 12.9. The molecule has 1 atom stereocenters. The van der Waals surface area contributed by atoms with E-state index < -0.39 is 0 Å². The SMILES string of the molecule is CCNCc1ccc(N(C)C(C)c2ccccc2F)cc1. The Balaban J connectivity index is 2.12. The van der Waals surface area contributed by atoms with E-state index in [-0.39, 0.29) is 11.9 Å². The molecule has 2 rings (SSSR count). The number of nitrogens with one attached hydrogen (secondary N) is 1. The molecule has 0 heterocycles. The first-order chi connectivity index (χ1) is 10.1. The summed E-state index contributed by atoms with van der Waals surface area (Å²) in [6.45, 7) is 5.96. The van der Waals surface area contributed by atoms with E-state index in [0.717, 1.165) is 24.3 Å². The van der Waals surface area contributed by atoms with E-state index in [1.54, 1.807) is 6.07 Å². The summed E-state index contributed by atoms with van der Waals surface area (Å²) in [5.41, 5.74) is 3.07. The van der Waals surface area contributed by atoms with Crippen molar-refractivity contribution in [2.75, 3.05) is 18.5 Å². The van der Waals surface area contributed by atoms with E-state index in [1.165, 1.54) is 11.6 Å². The number of halogens is 1. The summed E-state index contributed by atoms with van der Waals surface area (Å²) in [6, 6.07) is 15.4. The maximum absolute atomic E-state index is 13.9. The molecule has 0 saturated carbocycles. The van der Waals surface area contributed by atoms with Crippen molar-refractivity contribution in [3.63, 3.8) is 0 Å². The Hall–Kier alpha value is -1.87. The normalized spacial score (nSPS) is 12.2. The van der Waals surface area contributed by atoms with Gasteiger partial charge in [0, 0.05) is 24.8 Å². The highest BCUT2D eigenvalue weighted by molar-refractivity contribution is 5.49. The molecule has 0 aliphatic carbocycles. The molecule has 0 spiro atoms. The minimum absolute atomic E-state index is 0.00850. The molecule has 1 N–H and O–H groups in total. The number of nitrogens with zero attached hydrogens (tertiary/aromatic N) is 1. The standard InChI is InChI=1S/C18H23FN2/c1-4-20-13-15-9-11-16(12-10-15)21(3)14(2)17-7-5-6-8-18(17)19/h5-12,14,20H,4,13H2,1-3H3. The van der Waals surface area contributed by atoms with Gasteiger partial charge in [0.15, 0.2) is 0 Å². The molecule has 2 nitrogen and oxygen atoms in total. The lowest BCUT2D eigenvalue weighted by Crippen LogP contribution is -2.22. The quantitative estimate of drug-likeness (QED) is 0.859. The van der Waals surface area contributed by atoms with Gasteiger partial charge in [-0.05, 0) is 37.2 Å². The van der Waals surface area contributed by atoms with Crippen LogP contribution in [0, 0.1) is 5.82 Å². The zero-order valence-electron chi connectivity index (χ0n) is 12.9. The Morgan fingerprint density at radius 3 is 2.38 bits per heavy atom. The highest BCUT2D eigenvalue weighted by Crippen LogP contribution is 2.27. The van der Waals surface area contributed by atoms with Crippen molar-refractivity contribution in [1.29, 1.82) is 0 Å². The summed E-state index contributed by atoms with van der Waals surface area (Å²) < 4.78 is 13.9. The van der Waals surface area contributed by atoms with Gasteiger partial charge >= 0.3 is 0 Å². The maximum atomic E-state index is 13.9. The van der Waals surface area contributed by atoms with Crippen LogP contribution in [0.4, 0.5) is 10.1 Å². The molecule has 2 aromatic rings. The van der Waals surface area contributed by atoms with Gasteiger partial charge in [-0.25, -0.2) is 4.39 Å². The third-order valence-corrected chi connectivity index (χ3v) is 3.86. The highest BCUT2D eigenvalue weighted by Gasteiger charge is 2.15. The van der Waals surface area contributed by atoms with Crippen molar-refractivity contribution in [3.05, 3.63) is 65.5 Å². The van der Waals surface area contributed by atoms with Gasteiger partial charge < -0.3 is 10.2 Å². The average Bonchev–Trinajstić information content (AvgIpc) is 2.52. The van der Waals surface area contributed by atoms with Crippen LogP contribution in [-0.2, 0) is 6.54 Å². The van der Waals surface area contributed by atoms with Crippen molar-refractivity contribution in [2.24, 2.45) is 0 Å². The Morgan fingerprint density at radius 1 is 1.10 bits per heavy atom. The average molecular weight is 286 g/mol. The van der Waals surface area contributed by atoms with E-state index in [2.05, 4.69) is 41.4 Å². The molecular formula is C18H23FN2. The topological polar surface area (TPSA) is 15.3 Å². The number of hydrogen-bond acceptors (Lipinski definition) is 2. The lowest BCUT2D eigenvalue weighted by Gasteiger charge is -2.28. The van der Waals surface area contributed by atoms with Crippen molar-refractivity contribution in [2.45, 2.75) is 26.4 Å². The first-order valence-corrected chi connectivity index (χ1v) is 7.40. The van der Waals surface area contributed by atoms with Crippen LogP contribution in [0.2, 0.25) is 0 Å². The molecule has 0 aliphatic rings. The van der Waals surface area contributed by atoms with Crippen molar-refractivity contribution in [1.82, 2.24) is 5.32 Å². The second kappa shape index (κ2) is 7.23. The van der Waals surface area contributed by atoms with Crippen molar-refractivity contribution in [3.8, 4) is 0 Å². The highest BCUT2D eigenvalue weighted by atomic mass is 19.1. The van der Waals surface area contributed by atoms with Gasteiger partial charge in [0.2, 0.25) is 0 Å². The lowest BCUT2D eigenvalue weighted by molar-refractivity contribution is 0.585. The summed E-state index contributed by atoms with van der Waals surface area (Å²) in [6.07, 6.45) is 0. The number of benzene rings is 2. The largest absolute Gasteiger partial charge is 0.368 e. The summed E-state index contributed by atoms with van der Waals surface area (Å²) in [5, 5.41) is 3.31. The van der Waals surface area contributed by atoms with E-state index in [0.29, 0.717) is 0 Å². The van der Waals surface area contributed by atoms with Crippen LogP contribution in [-0.4, -0.2) is 13.6 Å². The van der Waals surface area contributed by atoms with Gasteiger partial charge in [-0.2, -0.15) is 0 Å². The summed E-state index contributed by atoms with van der Waals surface area (Å²) in [4.78, 5) is 2.09. The van der Waals surface area contributed by atoms with Gasteiger partial charge in [-0.3, -0.25) is 0 Å². The predicted molar refractivity (Wildman–Crippen MR) is 87.0 cm³/mol. The van der Waals surface area contributed by atoms with Crippen LogP contribution in [0.3, 0.4) is 0 Å². The van der Waals surface area contributed by atoms with Crippen LogP contribution < -0.4 is 10.2 Å². The Morgan fingerprint density at radius 2 is 1.76 bits per heavy atom. The van der Waals surface area contributed by atoms with Crippen LogP contribution in [0.1, 0.15) is 31.0 Å². The second-order valence-corrected chi connectivity index (χ2v) is 5.26. The van der Waals surface area contributed by atoms with Gasteiger partial charge in [0.25, 0.3) is 0 Å². The molecule has 112 valence electrons. The molecule has 0 fully saturated rings. The fraction of sp³-hybridized carbons (Fsp3) is 0.333. The second-order valence-electron chi connectivity index (χ2n) is 5.26. The van der Waals surface area contributed by atoms with E-state index in [4.69, 9.17) is 0 Å². The Bertz CT molecular complexity index is 566. The number of anilines is 1. The van der Waals surface area contributed by atoms with Gasteiger partial charge in [0.1, 0.15) is 5.82 Å². The zero-order chi connectivity index (χ0) is 15.2. The van der Waals surface area contributed by atoms with Gasteiger partial charge in [-0.15, -0.1) is 0 Å². The third kappa shape index (κ3) is 3.82. The molecule has 0 amide bonds. The number of rotatable bonds is 6. The molecule has 0 aromatic heterocycles. The van der Waals surface area contributed by atoms with E-state index in [9.17, 15) is 4.39 Å². The molecular weight excluding hydrogens is 263 g/mol. The van der Waals surface area contributed by atoms with Gasteiger partial charge in [-0.1, -0.05) is 37.3 Å². The van der Waals surface area contributed by atoms with Crippen LogP contribution >= 0.6 is 0 Å². The molecule has 0 aliphatic heterocycles. The molecule has 0 radical (unpaired) electrons. The van der Waals surface area contributed by atoms with Crippen LogP contribution in [0.5, 0.6) is 0 Å². The minimum atomic E-state index is -0.152. The summed E-state index contributed by atoms with van der Waals surface area (Å²) in [5.74, 6) is -0.152. The van der Waals surface area contributed by atoms with Crippen LogP contribution in [0.25, 0.3) is 0 Å². The fourth-order valence-electron chi connectivity index (χ4n) is 2.36. The van der Waals surface area contributed by atoms with E-state index in [1.807, 2.05) is 26.1 Å². The van der Waals surface area contributed by atoms with E-state index >= 15 is 0 Å². The first-order valence-electron chi connectivity index (χ1n) is 7.40. The molecule has 21 heavy (non-hydrogen) atoms. The summed E-state index contributed by atoms with van der Waals surface area (Å²) in [7, 11) is 2.00. The number of hydrogen-bond donors (Lipinski definition) is 1. The summed E-state index contributed by atoms with van der Waals surface area (Å²) >= 11 is 0. The Kier molecular flexibility index (Phi) is 5.34. The van der Waals surface area contributed by atoms with Crippen LogP contribution in [0.15, 0.2) is 48.5 Å². The lowest BCUT2D eigenvalue weighted by atomic mass is 10.1. The smallest absolute Gasteiger partial charge is 0.128 e. The third-order valence-electron chi connectivity index (χ3n) is 3.86. The Labute approximate surface area is 126 Å². The first kappa shape index (κ1) is 15.5. The molecule has 3 heteroatoms. The van der Waals surface area contributed by atoms with Crippen molar-refractivity contribution >= 4 is 5.69 Å². The monoisotopic (exact) mass is 286 g/mol. The minimum Gasteiger partial charge on any atom is -0.368 e. The predicted octanol–water partition coefficient (Wildman–Crippen LogP) is 4.13. The molecule has 1 unspecified atom stereocenters. The maximum Gasteiger partial charge on any atom is 0.128 e. The van der Waals surface area contributed by atoms with Gasteiger partial charge in [0.05, 0.1) is 6.04 Å². The molecule has 0 saturated heterocycles. The molecule has 0 bridgehead atoms.